The number of benzene rings is 1. The third kappa shape index (κ3) is 3.11. The molecule has 8 heteroatoms. The molecule has 1 aromatic carbocycles. The van der Waals surface area contributed by atoms with Crippen LogP contribution in [0.3, 0.4) is 0 Å². The van der Waals surface area contributed by atoms with Gasteiger partial charge in [-0.1, -0.05) is 19.9 Å². The van der Waals surface area contributed by atoms with Gasteiger partial charge in [0.25, 0.3) is 5.91 Å². The maximum Gasteiger partial charge on any atom is 0.296 e. The monoisotopic (exact) mass is 454 g/mol. The minimum absolute atomic E-state index is 0.0159. The summed E-state index contributed by atoms with van der Waals surface area (Å²) in [6.45, 7) is 4.37. The molecule has 0 radical (unpaired) electrons. The Hall–Kier alpha value is -2.87. The molecule has 1 fully saturated rings. The predicted octanol–water partition coefficient (Wildman–Crippen LogP) is 4.15. The first kappa shape index (κ1) is 21.0. The van der Waals surface area contributed by atoms with Gasteiger partial charge in [0, 0.05) is 11.6 Å². The summed E-state index contributed by atoms with van der Waals surface area (Å²) < 4.78 is 17.2. The average Bonchev–Trinajstić information content (AvgIpc) is 3.41. The maximum atomic E-state index is 13.8. The first-order valence-electron chi connectivity index (χ1n) is 10.8. The molecule has 2 aromatic rings. The van der Waals surface area contributed by atoms with Crippen molar-refractivity contribution in [2.75, 3.05) is 19.1 Å². The summed E-state index contributed by atoms with van der Waals surface area (Å²) in [4.78, 5) is 33.3. The van der Waals surface area contributed by atoms with E-state index in [0.29, 0.717) is 34.0 Å². The fourth-order valence-corrected chi connectivity index (χ4v) is 5.80. The van der Waals surface area contributed by atoms with Crippen LogP contribution in [0.15, 0.2) is 41.1 Å². The number of ether oxygens (including phenoxy) is 3. The highest BCUT2D eigenvalue weighted by atomic mass is 32.1. The Labute approximate surface area is 191 Å². The first-order valence-corrected chi connectivity index (χ1v) is 11.7. The van der Waals surface area contributed by atoms with E-state index in [0.717, 1.165) is 18.4 Å². The fraction of sp³-hybridized carbons (Fsp3) is 0.458. The number of carbonyl (C=O) groups excluding carboxylic acids is 2. The lowest BCUT2D eigenvalue weighted by Crippen LogP contribution is -2.43. The van der Waals surface area contributed by atoms with Gasteiger partial charge in [0.1, 0.15) is 6.10 Å². The maximum absolute atomic E-state index is 13.8. The molecule has 5 rings (SSSR count). The molecule has 5 atom stereocenters. The van der Waals surface area contributed by atoms with Crippen LogP contribution in [0, 0.1) is 17.8 Å². The molecule has 1 aliphatic carbocycles. The number of methoxy groups -OCH3 is 2. The molecule has 0 saturated heterocycles. The lowest BCUT2D eigenvalue weighted by Gasteiger charge is -2.40. The Bertz CT molecular complexity index is 1100. The standard InChI is InChI=1S/C24H26N2O5S/c1-12-9-15-17(10-13(12)2)31-22-19(21(15)27)20(26(23(22)28)24-25-7-8-32-24)14-5-6-16(29-3)18(11-14)30-4/h5-8,11-13,15,17,20H,9-10H2,1-4H3. The molecule has 0 bridgehead atoms. The van der Waals surface area contributed by atoms with Crippen LogP contribution in [0.2, 0.25) is 0 Å². The van der Waals surface area contributed by atoms with E-state index < -0.39 is 6.04 Å². The average molecular weight is 455 g/mol. The quantitative estimate of drug-likeness (QED) is 0.691. The first-order chi connectivity index (χ1) is 15.4. The summed E-state index contributed by atoms with van der Waals surface area (Å²) in [6.07, 6.45) is 2.95. The molecule has 168 valence electrons. The number of ketones is 1. The van der Waals surface area contributed by atoms with E-state index in [1.54, 1.807) is 31.4 Å². The molecule has 2 aliphatic heterocycles. The summed E-state index contributed by atoms with van der Waals surface area (Å²) in [7, 11) is 3.14. The van der Waals surface area contributed by atoms with Gasteiger partial charge in [-0.2, -0.15) is 0 Å². The zero-order valence-electron chi connectivity index (χ0n) is 18.5. The molecular weight excluding hydrogens is 428 g/mol. The minimum atomic E-state index is -0.619. The molecule has 0 spiro atoms. The third-order valence-electron chi connectivity index (χ3n) is 7.06. The van der Waals surface area contributed by atoms with Crippen molar-refractivity contribution in [2.45, 2.75) is 38.8 Å². The summed E-state index contributed by atoms with van der Waals surface area (Å²) in [6, 6.07) is 4.85. The van der Waals surface area contributed by atoms with E-state index in [1.165, 1.54) is 11.3 Å². The SMILES string of the molecule is COc1ccc(C2C3=C(OC4CC(C)C(C)CC4C3=O)C(=O)N2c2nccs2)cc1OC. The number of amides is 1. The van der Waals surface area contributed by atoms with Gasteiger partial charge >= 0.3 is 0 Å². The Morgan fingerprint density at radius 3 is 2.53 bits per heavy atom. The fourth-order valence-electron chi connectivity index (χ4n) is 5.13. The highest BCUT2D eigenvalue weighted by molar-refractivity contribution is 7.13. The number of carbonyl (C=O) groups is 2. The Kier molecular flexibility index (Phi) is 5.20. The van der Waals surface area contributed by atoms with Gasteiger partial charge in [0.2, 0.25) is 0 Å². The van der Waals surface area contributed by atoms with Crippen molar-refractivity contribution in [1.29, 1.82) is 0 Å². The number of rotatable bonds is 4. The van der Waals surface area contributed by atoms with Gasteiger partial charge in [0.15, 0.2) is 28.2 Å². The van der Waals surface area contributed by atoms with Crippen LogP contribution < -0.4 is 14.4 Å². The van der Waals surface area contributed by atoms with Crippen molar-refractivity contribution in [3.05, 3.63) is 46.7 Å². The molecule has 5 unspecified atom stereocenters. The smallest absolute Gasteiger partial charge is 0.296 e. The van der Waals surface area contributed by atoms with Crippen LogP contribution >= 0.6 is 11.3 Å². The van der Waals surface area contributed by atoms with Gasteiger partial charge < -0.3 is 14.2 Å². The summed E-state index contributed by atoms with van der Waals surface area (Å²) >= 11 is 1.36. The molecule has 3 heterocycles. The summed E-state index contributed by atoms with van der Waals surface area (Å²) in [5.41, 5.74) is 1.18. The van der Waals surface area contributed by atoms with E-state index in [4.69, 9.17) is 14.2 Å². The lowest BCUT2D eigenvalue weighted by atomic mass is 9.70. The van der Waals surface area contributed by atoms with Crippen molar-refractivity contribution in [1.82, 2.24) is 4.98 Å². The second kappa shape index (κ2) is 7.92. The molecule has 7 nitrogen and oxygen atoms in total. The number of hydrogen-bond donors (Lipinski definition) is 0. The van der Waals surface area contributed by atoms with Gasteiger partial charge in [-0.05, 0) is 42.4 Å². The zero-order valence-corrected chi connectivity index (χ0v) is 19.3. The molecule has 1 saturated carbocycles. The highest BCUT2D eigenvalue weighted by Crippen LogP contribution is 2.50. The van der Waals surface area contributed by atoms with Gasteiger partial charge in [-0.25, -0.2) is 4.98 Å². The summed E-state index contributed by atoms with van der Waals surface area (Å²) in [5.74, 6) is 1.64. The van der Waals surface area contributed by atoms with Gasteiger partial charge in [-0.15, -0.1) is 11.3 Å². The number of Topliss-reactive ketones (excluding diaryl/α,β-unsaturated/α-hetero) is 1. The number of hydrogen-bond acceptors (Lipinski definition) is 7. The number of aromatic nitrogens is 1. The zero-order chi connectivity index (χ0) is 22.6. The number of fused-ring (bicyclic) bond motifs is 1. The lowest BCUT2D eigenvalue weighted by molar-refractivity contribution is -0.134. The second-order valence-electron chi connectivity index (χ2n) is 8.80. The van der Waals surface area contributed by atoms with E-state index in [2.05, 4.69) is 18.8 Å². The predicted molar refractivity (Wildman–Crippen MR) is 120 cm³/mol. The Morgan fingerprint density at radius 1 is 1.09 bits per heavy atom. The van der Waals surface area contributed by atoms with Crippen molar-refractivity contribution in [2.24, 2.45) is 17.8 Å². The molecule has 1 amide bonds. The van der Waals surface area contributed by atoms with Crippen LogP contribution in [0.4, 0.5) is 5.13 Å². The number of anilines is 1. The minimum Gasteiger partial charge on any atom is -0.493 e. The normalized spacial score (nSPS) is 29.5. The number of thiazole rings is 1. The van der Waals surface area contributed by atoms with E-state index in [9.17, 15) is 9.59 Å². The molecule has 0 N–H and O–H groups in total. The molecular formula is C24H26N2O5S. The van der Waals surface area contributed by atoms with Crippen LogP contribution in [0.1, 0.15) is 38.3 Å². The van der Waals surface area contributed by atoms with Crippen molar-refractivity contribution in [3.63, 3.8) is 0 Å². The van der Waals surface area contributed by atoms with Crippen LogP contribution in [-0.2, 0) is 14.3 Å². The van der Waals surface area contributed by atoms with Gasteiger partial charge in [-0.3, -0.25) is 14.5 Å². The van der Waals surface area contributed by atoms with Gasteiger partial charge in [0.05, 0.1) is 31.8 Å². The van der Waals surface area contributed by atoms with Crippen LogP contribution in [0.5, 0.6) is 11.5 Å². The van der Waals surface area contributed by atoms with E-state index >= 15 is 0 Å². The second-order valence-corrected chi connectivity index (χ2v) is 9.68. The van der Waals surface area contributed by atoms with Crippen LogP contribution in [-0.4, -0.2) is 37.0 Å². The molecule has 1 aromatic heterocycles. The Balaban J connectivity index is 1.64. The van der Waals surface area contributed by atoms with Crippen molar-refractivity contribution in [3.8, 4) is 11.5 Å². The molecule has 32 heavy (non-hydrogen) atoms. The summed E-state index contributed by atoms with van der Waals surface area (Å²) in [5, 5.41) is 2.35. The topological polar surface area (TPSA) is 78.0 Å². The molecule has 3 aliphatic rings. The van der Waals surface area contributed by atoms with E-state index in [-0.39, 0.29) is 29.5 Å². The van der Waals surface area contributed by atoms with Crippen molar-refractivity contribution < 1.29 is 23.8 Å². The van der Waals surface area contributed by atoms with E-state index in [1.807, 2.05) is 17.5 Å². The van der Waals surface area contributed by atoms with Crippen molar-refractivity contribution >= 4 is 28.2 Å². The Morgan fingerprint density at radius 2 is 1.84 bits per heavy atom. The number of nitrogens with zero attached hydrogens (tertiary/aromatic N) is 2. The third-order valence-corrected chi connectivity index (χ3v) is 7.83. The largest absolute Gasteiger partial charge is 0.493 e. The van der Waals surface area contributed by atoms with Crippen LogP contribution in [0.25, 0.3) is 0 Å². The highest BCUT2D eigenvalue weighted by Gasteiger charge is 2.54.